The molecule has 0 fully saturated rings. The Morgan fingerprint density at radius 2 is 1.86 bits per heavy atom. The van der Waals surface area contributed by atoms with Crippen molar-refractivity contribution >= 4 is 22.0 Å². The molecule has 0 aliphatic heterocycles. The topological polar surface area (TPSA) is 70.6 Å². The number of halogens is 3. The number of rotatable bonds is 8. The van der Waals surface area contributed by atoms with Crippen LogP contribution in [0.1, 0.15) is 68.8 Å². The zero-order valence-electron chi connectivity index (χ0n) is 20.8. The van der Waals surface area contributed by atoms with Crippen molar-refractivity contribution in [3.05, 3.63) is 68.7 Å². The minimum Gasteiger partial charge on any atom is -0.444 e. The van der Waals surface area contributed by atoms with Crippen LogP contribution in [0.3, 0.4) is 0 Å². The normalized spacial score (nSPS) is 17.4. The summed E-state index contributed by atoms with van der Waals surface area (Å²) in [4.78, 5) is 12.5. The Balaban J connectivity index is 1.76. The summed E-state index contributed by atoms with van der Waals surface area (Å²) >= 11 is 3.70. The Morgan fingerprint density at radius 1 is 1.17 bits per heavy atom. The summed E-state index contributed by atoms with van der Waals surface area (Å²) in [6, 6.07) is 6.83. The molecule has 35 heavy (non-hydrogen) atoms. The Bertz CT molecular complexity index is 1020. The van der Waals surface area contributed by atoms with E-state index in [2.05, 4.69) is 45.6 Å². The first kappa shape index (κ1) is 27.6. The van der Waals surface area contributed by atoms with E-state index in [9.17, 15) is 18.7 Å². The average Bonchev–Trinajstić information content (AvgIpc) is 2.75. The molecule has 0 aromatic heterocycles. The van der Waals surface area contributed by atoms with Gasteiger partial charge >= 0.3 is 6.09 Å². The maximum atomic E-state index is 13.8. The van der Waals surface area contributed by atoms with Gasteiger partial charge in [-0.25, -0.2) is 13.6 Å². The summed E-state index contributed by atoms with van der Waals surface area (Å²) in [6.07, 6.45) is 2.20. The molecule has 0 unspecified atom stereocenters. The molecule has 192 valence electrons. The molecule has 0 bridgehead atoms. The van der Waals surface area contributed by atoms with Gasteiger partial charge in [0.05, 0.1) is 12.1 Å². The number of aliphatic hydroxyl groups is 1. The van der Waals surface area contributed by atoms with Gasteiger partial charge in [-0.05, 0) is 93.3 Å². The second kappa shape index (κ2) is 11.8. The van der Waals surface area contributed by atoms with Crippen molar-refractivity contribution in [1.82, 2.24) is 10.6 Å². The van der Waals surface area contributed by atoms with Gasteiger partial charge in [-0.1, -0.05) is 28.9 Å². The van der Waals surface area contributed by atoms with Gasteiger partial charge in [0.25, 0.3) is 0 Å². The zero-order chi connectivity index (χ0) is 25.8. The Morgan fingerprint density at radius 3 is 2.49 bits per heavy atom. The lowest BCUT2D eigenvalue weighted by Gasteiger charge is -2.31. The standard InChI is InChI=1S/C27H35BrF2N2O3/c1-5-16-11-21-20(22(28)12-16)7-6-8-23(21)31-15-25(33)24(32-26(34)35-27(2,3)4)13-17-9-18(29)14-19(30)10-17/h9-12,14,23-25,31,33H,5-8,13,15H2,1-4H3,(H,32,34)/t23-,24-,25+/m0/s1. The summed E-state index contributed by atoms with van der Waals surface area (Å²) in [5.74, 6) is -1.42. The molecule has 2 aromatic carbocycles. The van der Waals surface area contributed by atoms with Crippen molar-refractivity contribution in [3.63, 3.8) is 0 Å². The molecule has 0 saturated heterocycles. The van der Waals surface area contributed by atoms with Gasteiger partial charge in [0.15, 0.2) is 0 Å². The van der Waals surface area contributed by atoms with Crippen LogP contribution in [0.4, 0.5) is 13.6 Å². The number of aliphatic hydroxyl groups excluding tert-OH is 1. The molecular weight excluding hydrogens is 518 g/mol. The first-order valence-electron chi connectivity index (χ1n) is 12.1. The highest BCUT2D eigenvalue weighted by atomic mass is 79.9. The molecule has 1 aliphatic rings. The van der Waals surface area contributed by atoms with Crippen LogP contribution in [0.15, 0.2) is 34.8 Å². The van der Waals surface area contributed by atoms with Crippen molar-refractivity contribution in [2.24, 2.45) is 0 Å². The van der Waals surface area contributed by atoms with E-state index in [1.54, 1.807) is 20.8 Å². The average molecular weight is 553 g/mol. The van der Waals surface area contributed by atoms with Crippen molar-refractivity contribution < 1.29 is 23.4 Å². The van der Waals surface area contributed by atoms with E-state index in [0.29, 0.717) is 5.56 Å². The van der Waals surface area contributed by atoms with Gasteiger partial charge in [0.2, 0.25) is 0 Å². The number of nitrogens with one attached hydrogen (secondary N) is 2. The van der Waals surface area contributed by atoms with Crippen molar-refractivity contribution in [2.75, 3.05) is 6.54 Å². The second-order valence-electron chi connectivity index (χ2n) is 10.2. The van der Waals surface area contributed by atoms with Gasteiger partial charge in [-0.2, -0.15) is 0 Å². The largest absolute Gasteiger partial charge is 0.444 e. The third-order valence-corrected chi connectivity index (χ3v) is 6.82. The lowest BCUT2D eigenvalue weighted by molar-refractivity contribution is 0.0419. The van der Waals surface area contributed by atoms with E-state index < -0.39 is 35.5 Å². The predicted molar refractivity (Wildman–Crippen MR) is 136 cm³/mol. The summed E-state index contributed by atoms with van der Waals surface area (Å²) in [7, 11) is 0. The molecule has 0 heterocycles. The maximum absolute atomic E-state index is 13.8. The molecule has 3 N–H and O–H groups in total. The third kappa shape index (κ3) is 7.98. The predicted octanol–water partition coefficient (Wildman–Crippen LogP) is 5.75. The van der Waals surface area contributed by atoms with E-state index in [4.69, 9.17) is 4.74 Å². The monoisotopic (exact) mass is 552 g/mol. The summed E-state index contributed by atoms with van der Waals surface area (Å²) in [5, 5.41) is 17.2. The number of ether oxygens (including phenoxy) is 1. The number of hydrogen-bond donors (Lipinski definition) is 3. The third-order valence-electron chi connectivity index (χ3n) is 6.11. The van der Waals surface area contributed by atoms with Crippen molar-refractivity contribution in [1.29, 1.82) is 0 Å². The highest BCUT2D eigenvalue weighted by Crippen LogP contribution is 2.35. The molecule has 5 nitrogen and oxygen atoms in total. The fourth-order valence-electron chi connectivity index (χ4n) is 4.48. The van der Waals surface area contributed by atoms with Crippen LogP contribution in [0, 0.1) is 11.6 Å². The number of fused-ring (bicyclic) bond motifs is 1. The van der Waals surface area contributed by atoms with Crippen molar-refractivity contribution in [3.8, 4) is 0 Å². The number of carbonyl (C=O) groups is 1. The molecule has 0 spiro atoms. The molecule has 8 heteroatoms. The first-order valence-corrected chi connectivity index (χ1v) is 12.9. The highest BCUT2D eigenvalue weighted by molar-refractivity contribution is 9.10. The SMILES string of the molecule is CCc1cc(Br)c2c(c1)[C@@H](NC[C@@H](O)[C@H](Cc1cc(F)cc(F)c1)NC(=O)OC(C)(C)C)CCC2. The molecule has 2 aromatic rings. The van der Waals surface area contributed by atoms with Gasteiger partial charge in [0, 0.05) is 23.1 Å². The molecule has 1 aliphatic carbocycles. The first-order chi connectivity index (χ1) is 16.4. The number of aryl methyl sites for hydroxylation is 1. The fourth-order valence-corrected chi connectivity index (χ4v) is 5.20. The number of hydrogen-bond acceptors (Lipinski definition) is 4. The maximum Gasteiger partial charge on any atom is 0.407 e. The molecule has 1 amide bonds. The van der Waals surface area contributed by atoms with E-state index in [1.807, 2.05) is 0 Å². The van der Waals surface area contributed by atoms with Crippen LogP contribution in [-0.4, -0.2) is 35.5 Å². The van der Waals surface area contributed by atoms with Crippen molar-refractivity contribution in [2.45, 2.75) is 83.6 Å². The van der Waals surface area contributed by atoms with Gasteiger partial charge in [-0.3, -0.25) is 0 Å². The van der Waals surface area contributed by atoms with Crippen LogP contribution in [0.2, 0.25) is 0 Å². The van der Waals surface area contributed by atoms with E-state index in [-0.39, 0.29) is 19.0 Å². The second-order valence-corrected chi connectivity index (χ2v) is 11.0. The number of carbonyl (C=O) groups excluding carboxylic acids is 1. The van der Waals surface area contributed by atoms with E-state index in [1.165, 1.54) is 28.8 Å². The number of benzene rings is 2. The smallest absolute Gasteiger partial charge is 0.407 e. The summed E-state index contributed by atoms with van der Waals surface area (Å²) in [6.45, 7) is 7.53. The van der Waals surface area contributed by atoms with Crippen LogP contribution in [0.5, 0.6) is 0 Å². The lowest BCUT2D eigenvalue weighted by atomic mass is 9.86. The van der Waals surface area contributed by atoms with E-state index in [0.717, 1.165) is 36.2 Å². The summed E-state index contributed by atoms with van der Waals surface area (Å²) < 4.78 is 34.0. The zero-order valence-corrected chi connectivity index (χ0v) is 22.3. The quantitative estimate of drug-likeness (QED) is 0.389. The van der Waals surface area contributed by atoms with Gasteiger partial charge < -0.3 is 20.5 Å². The number of amides is 1. The van der Waals surface area contributed by atoms with Gasteiger partial charge in [0.1, 0.15) is 17.2 Å². The minimum absolute atomic E-state index is 0.0452. The Kier molecular flexibility index (Phi) is 9.29. The van der Waals surface area contributed by atoms with Crippen LogP contribution in [-0.2, 0) is 24.0 Å². The summed E-state index contributed by atoms with van der Waals surface area (Å²) in [5.41, 5.74) is 3.35. The fraction of sp³-hybridized carbons (Fsp3) is 0.519. The number of alkyl carbamates (subject to hydrolysis) is 1. The van der Waals surface area contributed by atoms with Crippen LogP contribution < -0.4 is 10.6 Å². The highest BCUT2D eigenvalue weighted by Gasteiger charge is 2.28. The van der Waals surface area contributed by atoms with Gasteiger partial charge in [-0.15, -0.1) is 0 Å². The molecule has 3 rings (SSSR count). The Labute approximate surface area is 214 Å². The van der Waals surface area contributed by atoms with Crippen LogP contribution in [0.25, 0.3) is 0 Å². The molecule has 0 radical (unpaired) electrons. The molecule has 3 atom stereocenters. The molecular formula is C27H35BrF2N2O3. The van der Waals surface area contributed by atoms with Crippen LogP contribution >= 0.6 is 15.9 Å². The van der Waals surface area contributed by atoms with E-state index >= 15 is 0 Å². The Hall–Kier alpha value is -2.03. The minimum atomic E-state index is -1.02. The molecule has 0 saturated carbocycles. The lowest BCUT2D eigenvalue weighted by Crippen LogP contribution is -2.50.